The van der Waals surface area contributed by atoms with Crippen molar-refractivity contribution < 1.29 is 13.0 Å². The minimum Gasteiger partial charge on any atom is -0.315 e. The lowest BCUT2D eigenvalue weighted by atomic mass is 9.96. The van der Waals surface area contributed by atoms with E-state index in [0.29, 0.717) is 0 Å². The Kier molecular flexibility index (Phi) is 3.78. The third kappa shape index (κ3) is 3.26. The summed E-state index contributed by atoms with van der Waals surface area (Å²) < 4.78 is 29.2. The van der Waals surface area contributed by atoms with Crippen molar-refractivity contribution in [3.8, 4) is 0 Å². The summed E-state index contributed by atoms with van der Waals surface area (Å²) in [6.07, 6.45) is 0. The summed E-state index contributed by atoms with van der Waals surface area (Å²) in [7, 11) is -4.00. The van der Waals surface area contributed by atoms with E-state index in [4.69, 9.17) is 4.55 Å². The maximum absolute atomic E-state index is 10.4. The molecule has 0 amide bonds. The Labute approximate surface area is 101 Å². The summed E-state index contributed by atoms with van der Waals surface area (Å²) in [5.74, 6) is 0.972. The molecule has 2 unspecified atom stereocenters. The van der Waals surface area contributed by atoms with Gasteiger partial charge in [0.15, 0.2) is 0 Å². The van der Waals surface area contributed by atoms with Gasteiger partial charge in [0.2, 0.25) is 0 Å². The van der Waals surface area contributed by atoms with Crippen LogP contribution >= 0.6 is 0 Å². The average molecular weight is 256 g/mol. The Bertz CT molecular complexity index is 451. The fraction of sp³-hybridized carbons (Fsp3) is 0.455. The second-order valence-corrected chi connectivity index (χ2v) is 5.64. The molecular formula is C11H16N2O3S. The highest BCUT2D eigenvalue weighted by molar-refractivity contribution is 7.85. The highest BCUT2D eigenvalue weighted by atomic mass is 32.2. The molecule has 3 N–H and O–H groups in total. The molecule has 94 valence electrons. The Morgan fingerprint density at radius 1 is 1.12 bits per heavy atom. The van der Waals surface area contributed by atoms with Crippen LogP contribution < -0.4 is 10.6 Å². The summed E-state index contributed by atoms with van der Waals surface area (Å²) >= 11 is 0. The van der Waals surface area contributed by atoms with Crippen LogP contribution in [0.2, 0.25) is 0 Å². The monoisotopic (exact) mass is 256 g/mol. The third-order valence-electron chi connectivity index (χ3n) is 3.02. The van der Waals surface area contributed by atoms with Crippen molar-refractivity contribution in [3.05, 3.63) is 30.3 Å². The highest BCUT2D eigenvalue weighted by Gasteiger charge is 2.33. The van der Waals surface area contributed by atoms with E-state index in [2.05, 4.69) is 10.6 Å². The fourth-order valence-electron chi connectivity index (χ4n) is 1.92. The quantitative estimate of drug-likeness (QED) is 0.622. The molecule has 0 bridgehead atoms. The lowest BCUT2D eigenvalue weighted by Gasteiger charge is -2.30. The largest absolute Gasteiger partial charge is 0.315 e. The predicted octanol–water partition coefficient (Wildman–Crippen LogP) is 0.111. The first-order chi connectivity index (χ1) is 8.07. The van der Waals surface area contributed by atoms with Gasteiger partial charge in [0.25, 0.3) is 10.1 Å². The maximum Gasteiger partial charge on any atom is 0.294 e. The van der Waals surface area contributed by atoms with Crippen molar-refractivity contribution in [2.24, 2.45) is 5.92 Å². The molecule has 0 saturated carbocycles. The van der Waals surface area contributed by atoms with Crippen molar-refractivity contribution >= 4 is 10.1 Å². The topological polar surface area (TPSA) is 78.4 Å². The predicted molar refractivity (Wildman–Crippen MR) is 64.4 cm³/mol. The van der Waals surface area contributed by atoms with Crippen LogP contribution in [0.5, 0.6) is 0 Å². The van der Waals surface area contributed by atoms with Crippen LogP contribution in [0.4, 0.5) is 0 Å². The van der Waals surface area contributed by atoms with Crippen LogP contribution in [-0.4, -0.2) is 38.6 Å². The van der Waals surface area contributed by atoms with Gasteiger partial charge in [0, 0.05) is 31.6 Å². The average Bonchev–Trinajstić information content (AvgIpc) is 2.59. The van der Waals surface area contributed by atoms with Crippen molar-refractivity contribution in [2.45, 2.75) is 10.9 Å². The number of hydrogen-bond acceptors (Lipinski definition) is 4. The molecule has 1 aromatic rings. The van der Waals surface area contributed by atoms with E-state index < -0.39 is 10.1 Å². The van der Waals surface area contributed by atoms with E-state index in [-0.39, 0.29) is 4.90 Å². The summed E-state index contributed by atoms with van der Waals surface area (Å²) in [6, 6.07) is 8.26. The number of rotatable bonds is 1. The lowest BCUT2D eigenvalue weighted by molar-refractivity contribution is 0.297. The van der Waals surface area contributed by atoms with Crippen LogP contribution in [0.15, 0.2) is 35.2 Å². The summed E-state index contributed by atoms with van der Waals surface area (Å²) in [5, 5.41) is 6.67. The minimum absolute atomic E-state index is 0.0741. The number of hydrogen-bond donors (Lipinski definition) is 3. The van der Waals surface area contributed by atoms with Gasteiger partial charge in [0.05, 0.1) is 4.90 Å². The molecule has 2 heterocycles. The molecule has 2 aliphatic rings. The van der Waals surface area contributed by atoms with E-state index in [1.807, 2.05) is 0 Å². The van der Waals surface area contributed by atoms with Crippen molar-refractivity contribution in [1.29, 1.82) is 0 Å². The molecule has 1 aromatic carbocycles. The molecule has 5 nitrogen and oxygen atoms in total. The number of nitrogens with one attached hydrogen (secondary N) is 2. The Hall–Kier alpha value is -0.950. The molecule has 6 heteroatoms. The smallest absolute Gasteiger partial charge is 0.294 e. The highest BCUT2D eigenvalue weighted by Crippen LogP contribution is 2.15. The molecule has 2 fully saturated rings. The van der Waals surface area contributed by atoms with Crippen LogP contribution in [-0.2, 0) is 10.1 Å². The molecule has 0 aliphatic carbocycles. The van der Waals surface area contributed by atoms with Gasteiger partial charge in [0.1, 0.15) is 0 Å². The van der Waals surface area contributed by atoms with E-state index in [9.17, 15) is 8.42 Å². The van der Waals surface area contributed by atoms with Crippen LogP contribution in [0, 0.1) is 5.92 Å². The van der Waals surface area contributed by atoms with Crippen LogP contribution in [0.25, 0.3) is 0 Å². The Balaban J connectivity index is 0.000000134. The van der Waals surface area contributed by atoms with Gasteiger partial charge in [-0.3, -0.25) is 4.55 Å². The first kappa shape index (κ1) is 12.5. The second-order valence-electron chi connectivity index (χ2n) is 4.22. The van der Waals surface area contributed by atoms with Gasteiger partial charge in [-0.15, -0.1) is 0 Å². The molecule has 2 saturated heterocycles. The molecule has 0 radical (unpaired) electrons. The van der Waals surface area contributed by atoms with Crippen molar-refractivity contribution in [1.82, 2.24) is 10.6 Å². The first-order valence-electron chi connectivity index (χ1n) is 5.54. The standard InChI is InChI=1S/C6H6O3S.C5H10N2/c7-10(8,9)6-4-2-1-3-5-6;1-4-2-7-5(4)3-6-1/h1-5H,(H,7,8,9);4-7H,1-3H2. The number of benzene rings is 1. The molecule has 0 aromatic heterocycles. The molecule has 2 aliphatic heterocycles. The zero-order valence-electron chi connectivity index (χ0n) is 9.33. The normalized spacial score (nSPS) is 26.4. The Morgan fingerprint density at radius 2 is 1.82 bits per heavy atom. The van der Waals surface area contributed by atoms with Gasteiger partial charge < -0.3 is 10.6 Å². The van der Waals surface area contributed by atoms with E-state index >= 15 is 0 Å². The van der Waals surface area contributed by atoms with Crippen LogP contribution in [0.3, 0.4) is 0 Å². The maximum atomic E-state index is 10.4. The molecule has 0 spiro atoms. The van der Waals surface area contributed by atoms with E-state index in [1.54, 1.807) is 18.2 Å². The van der Waals surface area contributed by atoms with E-state index in [0.717, 1.165) is 12.0 Å². The SMILES string of the molecule is C1NCC2NCC12.O=S(=O)(O)c1ccccc1. The third-order valence-corrected chi connectivity index (χ3v) is 3.89. The van der Waals surface area contributed by atoms with E-state index in [1.165, 1.54) is 31.8 Å². The zero-order valence-corrected chi connectivity index (χ0v) is 10.2. The first-order valence-corrected chi connectivity index (χ1v) is 6.98. The zero-order chi connectivity index (χ0) is 12.3. The molecule has 3 rings (SSSR count). The molecule has 2 atom stereocenters. The summed E-state index contributed by atoms with van der Waals surface area (Å²) in [5.41, 5.74) is 0. The minimum atomic E-state index is -4.00. The van der Waals surface area contributed by atoms with Gasteiger partial charge in [-0.1, -0.05) is 18.2 Å². The van der Waals surface area contributed by atoms with Crippen LogP contribution in [0.1, 0.15) is 0 Å². The van der Waals surface area contributed by atoms with Gasteiger partial charge in [-0.2, -0.15) is 8.42 Å². The van der Waals surface area contributed by atoms with Crippen molar-refractivity contribution in [3.63, 3.8) is 0 Å². The summed E-state index contributed by atoms with van der Waals surface area (Å²) in [4.78, 5) is -0.0741. The Morgan fingerprint density at radius 3 is 2.12 bits per heavy atom. The number of fused-ring (bicyclic) bond motifs is 1. The van der Waals surface area contributed by atoms with Gasteiger partial charge in [-0.05, 0) is 12.1 Å². The fourth-order valence-corrected chi connectivity index (χ4v) is 2.42. The molecular weight excluding hydrogens is 240 g/mol. The van der Waals surface area contributed by atoms with Crippen molar-refractivity contribution in [2.75, 3.05) is 19.6 Å². The second kappa shape index (κ2) is 5.14. The molecule has 17 heavy (non-hydrogen) atoms. The summed E-state index contributed by atoms with van der Waals surface area (Å²) in [6.45, 7) is 3.69. The van der Waals surface area contributed by atoms with Gasteiger partial charge in [-0.25, -0.2) is 0 Å². The van der Waals surface area contributed by atoms with Gasteiger partial charge >= 0.3 is 0 Å². The lowest BCUT2D eigenvalue weighted by Crippen LogP contribution is -2.51.